The van der Waals surface area contributed by atoms with Gasteiger partial charge in [-0.25, -0.2) is 9.97 Å². The molecule has 0 radical (unpaired) electrons. The summed E-state index contributed by atoms with van der Waals surface area (Å²) in [7, 11) is 0. The van der Waals surface area contributed by atoms with Gasteiger partial charge in [0.05, 0.1) is 5.69 Å². The number of thioether (sulfide) groups is 1. The molecule has 0 fully saturated rings. The topological polar surface area (TPSA) is 52.2 Å². The van der Waals surface area contributed by atoms with Crippen LogP contribution in [-0.4, -0.2) is 18.9 Å². The molecule has 0 saturated heterocycles. The van der Waals surface area contributed by atoms with Gasteiger partial charge in [-0.05, 0) is 32.4 Å². The van der Waals surface area contributed by atoms with Gasteiger partial charge in [-0.1, -0.05) is 17.8 Å². The highest BCUT2D eigenvalue weighted by atomic mass is 32.2. The zero-order valence-corrected chi connectivity index (χ0v) is 13.7. The van der Waals surface area contributed by atoms with Crippen LogP contribution in [0.2, 0.25) is 0 Å². The second kappa shape index (κ2) is 5.96. The first-order valence-electron chi connectivity index (χ1n) is 7.19. The molecular weight excluding hydrogens is 296 g/mol. The van der Waals surface area contributed by atoms with E-state index in [0.717, 1.165) is 16.4 Å². The van der Waals surface area contributed by atoms with Gasteiger partial charge < -0.3 is 4.57 Å². The van der Waals surface area contributed by atoms with Crippen LogP contribution in [0.25, 0.3) is 5.65 Å². The lowest BCUT2D eigenvalue weighted by Crippen LogP contribution is -2.15. The molecule has 0 aliphatic carbocycles. The van der Waals surface area contributed by atoms with Crippen LogP contribution in [0.5, 0.6) is 0 Å². The van der Waals surface area contributed by atoms with Gasteiger partial charge in [0, 0.05) is 36.5 Å². The zero-order chi connectivity index (χ0) is 15.7. The number of hydrogen-bond acceptors (Lipinski definition) is 4. The molecule has 0 amide bonds. The number of aromatic nitrogens is 4. The fourth-order valence-electron chi connectivity index (χ4n) is 2.27. The molecule has 6 heteroatoms. The number of aryl methyl sites for hydroxylation is 1. The number of hydrogen-bond donors (Lipinski definition) is 0. The van der Waals surface area contributed by atoms with E-state index in [1.165, 1.54) is 0 Å². The van der Waals surface area contributed by atoms with Crippen LogP contribution >= 0.6 is 11.8 Å². The van der Waals surface area contributed by atoms with Crippen molar-refractivity contribution < 1.29 is 0 Å². The Labute approximate surface area is 133 Å². The molecule has 3 aromatic rings. The Hall–Kier alpha value is -2.08. The van der Waals surface area contributed by atoms with Crippen LogP contribution in [0.4, 0.5) is 0 Å². The number of pyridine rings is 1. The van der Waals surface area contributed by atoms with Crippen LogP contribution in [-0.2, 0) is 5.75 Å². The van der Waals surface area contributed by atoms with Crippen molar-refractivity contribution in [1.82, 2.24) is 18.9 Å². The maximum atomic E-state index is 12.2. The molecule has 0 N–H and O–H groups in total. The Morgan fingerprint density at radius 2 is 2.14 bits per heavy atom. The minimum atomic E-state index is -0.0449. The summed E-state index contributed by atoms with van der Waals surface area (Å²) in [6.07, 6.45) is 5.58. The van der Waals surface area contributed by atoms with Gasteiger partial charge in [0.2, 0.25) is 0 Å². The van der Waals surface area contributed by atoms with Crippen molar-refractivity contribution in [2.24, 2.45) is 0 Å². The highest BCUT2D eigenvalue weighted by Crippen LogP contribution is 2.22. The summed E-state index contributed by atoms with van der Waals surface area (Å²) >= 11 is 1.60. The molecule has 0 saturated carbocycles. The minimum absolute atomic E-state index is 0.0449. The second-order valence-corrected chi connectivity index (χ2v) is 6.46. The molecule has 114 valence electrons. The van der Waals surface area contributed by atoms with Crippen molar-refractivity contribution in [2.75, 3.05) is 0 Å². The molecule has 3 rings (SSSR count). The van der Waals surface area contributed by atoms with E-state index in [4.69, 9.17) is 0 Å². The second-order valence-electron chi connectivity index (χ2n) is 5.52. The van der Waals surface area contributed by atoms with Crippen molar-refractivity contribution >= 4 is 17.4 Å². The van der Waals surface area contributed by atoms with Gasteiger partial charge in [0.1, 0.15) is 5.65 Å². The van der Waals surface area contributed by atoms with E-state index in [2.05, 4.69) is 28.4 Å². The lowest BCUT2D eigenvalue weighted by atomic mass is 10.3. The normalized spacial score (nSPS) is 11.5. The van der Waals surface area contributed by atoms with E-state index in [-0.39, 0.29) is 5.56 Å². The highest BCUT2D eigenvalue weighted by molar-refractivity contribution is 7.98. The van der Waals surface area contributed by atoms with Crippen molar-refractivity contribution in [3.05, 3.63) is 58.4 Å². The van der Waals surface area contributed by atoms with Gasteiger partial charge in [-0.3, -0.25) is 9.20 Å². The highest BCUT2D eigenvalue weighted by Gasteiger charge is 2.08. The number of rotatable bonds is 4. The van der Waals surface area contributed by atoms with Crippen molar-refractivity contribution in [3.8, 4) is 0 Å². The van der Waals surface area contributed by atoms with E-state index < -0.39 is 0 Å². The summed E-state index contributed by atoms with van der Waals surface area (Å²) in [6.45, 7) is 6.20. The maximum absolute atomic E-state index is 12.2. The lowest BCUT2D eigenvalue weighted by molar-refractivity contribution is 0.549. The van der Waals surface area contributed by atoms with Gasteiger partial charge in [-0.15, -0.1) is 0 Å². The molecule has 22 heavy (non-hydrogen) atoms. The van der Waals surface area contributed by atoms with Crippen molar-refractivity contribution in [2.45, 2.75) is 37.7 Å². The van der Waals surface area contributed by atoms with Crippen LogP contribution in [0.15, 0.2) is 46.7 Å². The van der Waals surface area contributed by atoms with E-state index in [9.17, 15) is 4.79 Å². The molecule has 3 heterocycles. The van der Waals surface area contributed by atoms with E-state index in [0.29, 0.717) is 17.4 Å². The molecule has 0 atom stereocenters. The van der Waals surface area contributed by atoms with Crippen LogP contribution < -0.4 is 5.56 Å². The SMILES string of the molecule is Cc1ccc2nc(CSc3nccn3C(C)C)cc(=O)n2c1. The summed E-state index contributed by atoms with van der Waals surface area (Å²) in [6, 6.07) is 5.80. The Morgan fingerprint density at radius 1 is 1.32 bits per heavy atom. The standard InChI is InChI=1S/C16H18N4OS/c1-11(2)19-7-6-17-16(19)22-10-13-8-15(21)20-9-12(3)4-5-14(20)18-13/h4-9,11H,10H2,1-3H3. The monoisotopic (exact) mass is 314 g/mol. The molecular formula is C16H18N4OS. The van der Waals surface area contributed by atoms with Crippen LogP contribution in [0.1, 0.15) is 31.1 Å². The minimum Gasteiger partial charge on any atom is -0.324 e. The third kappa shape index (κ3) is 2.92. The van der Waals surface area contributed by atoms with E-state index >= 15 is 0 Å². The molecule has 0 aliphatic rings. The van der Waals surface area contributed by atoms with Gasteiger partial charge in [0.25, 0.3) is 5.56 Å². The van der Waals surface area contributed by atoms with E-state index in [1.54, 1.807) is 28.4 Å². The summed E-state index contributed by atoms with van der Waals surface area (Å²) in [5, 5.41) is 0.945. The quantitative estimate of drug-likeness (QED) is 0.695. The van der Waals surface area contributed by atoms with E-state index in [1.807, 2.05) is 31.5 Å². The summed E-state index contributed by atoms with van der Waals surface area (Å²) < 4.78 is 3.69. The number of nitrogens with zero attached hydrogens (tertiary/aromatic N) is 4. The Balaban J connectivity index is 1.87. The first-order valence-corrected chi connectivity index (χ1v) is 8.18. The largest absolute Gasteiger partial charge is 0.324 e. The number of imidazole rings is 1. The Kier molecular flexibility index (Phi) is 4.02. The average molecular weight is 314 g/mol. The Morgan fingerprint density at radius 3 is 2.91 bits per heavy atom. The average Bonchev–Trinajstić information content (AvgIpc) is 2.94. The van der Waals surface area contributed by atoms with Gasteiger partial charge in [0.15, 0.2) is 5.16 Å². The third-order valence-electron chi connectivity index (χ3n) is 3.40. The van der Waals surface area contributed by atoms with Gasteiger partial charge in [-0.2, -0.15) is 0 Å². The molecule has 0 spiro atoms. The summed E-state index contributed by atoms with van der Waals surface area (Å²) in [5.41, 5.74) is 2.45. The first kappa shape index (κ1) is 14.8. The summed E-state index contributed by atoms with van der Waals surface area (Å²) in [4.78, 5) is 21.1. The predicted octanol–water partition coefficient (Wildman–Crippen LogP) is 3.07. The molecule has 0 aliphatic heterocycles. The first-order chi connectivity index (χ1) is 10.5. The fraction of sp³-hybridized carbons (Fsp3) is 0.312. The zero-order valence-electron chi connectivity index (χ0n) is 12.9. The molecule has 0 bridgehead atoms. The molecule has 0 aromatic carbocycles. The Bertz CT molecular complexity index is 866. The van der Waals surface area contributed by atoms with Crippen LogP contribution in [0, 0.1) is 6.92 Å². The van der Waals surface area contributed by atoms with Crippen LogP contribution in [0.3, 0.4) is 0 Å². The van der Waals surface area contributed by atoms with Gasteiger partial charge >= 0.3 is 0 Å². The smallest absolute Gasteiger partial charge is 0.258 e. The lowest BCUT2D eigenvalue weighted by Gasteiger charge is -2.10. The maximum Gasteiger partial charge on any atom is 0.258 e. The molecule has 5 nitrogen and oxygen atoms in total. The van der Waals surface area contributed by atoms with Crippen molar-refractivity contribution in [3.63, 3.8) is 0 Å². The molecule has 3 aromatic heterocycles. The number of fused-ring (bicyclic) bond motifs is 1. The van der Waals surface area contributed by atoms with Crippen molar-refractivity contribution in [1.29, 1.82) is 0 Å². The molecule has 0 unspecified atom stereocenters. The third-order valence-corrected chi connectivity index (χ3v) is 4.41. The predicted molar refractivity (Wildman–Crippen MR) is 88.4 cm³/mol. The summed E-state index contributed by atoms with van der Waals surface area (Å²) in [5.74, 6) is 0.628. The fourth-order valence-corrected chi connectivity index (χ4v) is 3.26.